The largest absolute Gasteiger partial charge is 0.478 e. The number of hydrogen-bond acceptors (Lipinski definition) is 4. The van der Waals surface area contributed by atoms with E-state index in [1.54, 1.807) is 28.9 Å². The van der Waals surface area contributed by atoms with Gasteiger partial charge in [-0.25, -0.2) is 17.9 Å². The number of benzene rings is 2. The zero-order valence-electron chi connectivity index (χ0n) is 14.5. The Morgan fingerprint density at radius 3 is 2.33 bits per heavy atom. The molecule has 7 nitrogen and oxygen atoms in total. The van der Waals surface area contributed by atoms with Crippen LogP contribution in [-0.2, 0) is 10.0 Å². The number of aryl methyl sites for hydroxylation is 2. The molecule has 27 heavy (non-hydrogen) atoms. The molecule has 1 heterocycles. The van der Waals surface area contributed by atoms with Crippen LogP contribution in [0.2, 0.25) is 5.02 Å². The molecule has 0 amide bonds. The van der Waals surface area contributed by atoms with Crippen LogP contribution in [0.3, 0.4) is 0 Å². The van der Waals surface area contributed by atoms with Crippen molar-refractivity contribution < 1.29 is 18.3 Å². The molecule has 0 aliphatic rings. The topological polar surface area (TPSA) is 101 Å². The van der Waals surface area contributed by atoms with Gasteiger partial charge in [0.15, 0.2) is 0 Å². The van der Waals surface area contributed by atoms with Crippen LogP contribution in [-0.4, -0.2) is 29.3 Å². The molecule has 0 fully saturated rings. The fourth-order valence-corrected chi connectivity index (χ4v) is 4.09. The molecule has 3 aromatic rings. The van der Waals surface area contributed by atoms with Gasteiger partial charge in [0.05, 0.1) is 16.9 Å². The lowest BCUT2D eigenvalue weighted by atomic mass is 10.2. The van der Waals surface area contributed by atoms with Gasteiger partial charge in [0.1, 0.15) is 4.90 Å². The maximum Gasteiger partial charge on any atom is 0.337 e. The molecule has 0 unspecified atom stereocenters. The fraction of sp³-hybridized carbons (Fsp3) is 0.111. The van der Waals surface area contributed by atoms with Crippen LogP contribution in [0.15, 0.2) is 53.4 Å². The van der Waals surface area contributed by atoms with Crippen molar-refractivity contribution in [1.82, 2.24) is 9.78 Å². The third-order valence-corrected chi connectivity index (χ3v) is 5.51. The summed E-state index contributed by atoms with van der Waals surface area (Å²) in [7, 11) is -4.10. The predicted molar refractivity (Wildman–Crippen MR) is 102 cm³/mol. The summed E-state index contributed by atoms with van der Waals surface area (Å²) in [5.41, 5.74) is 2.51. The highest BCUT2D eigenvalue weighted by Gasteiger charge is 2.23. The average molecular weight is 406 g/mol. The SMILES string of the molecule is Cc1cc(C)n(-c2ccc(NS(=O)(=O)c3ccc(Cl)cc3C(=O)O)cc2)n1. The quantitative estimate of drug-likeness (QED) is 0.674. The Bertz CT molecular complexity index is 1120. The van der Waals surface area contributed by atoms with E-state index in [9.17, 15) is 18.3 Å². The summed E-state index contributed by atoms with van der Waals surface area (Å²) in [5.74, 6) is -1.38. The highest BCUT2D eigenvalue weighted by atomic mass is 35.5. The summed E-state index contributed by atoms with van der Waals surface area (Å²) in [6.45, 7) is 3.81. The summed E-state index contributed by atoms with van der Waals surface area (Å²) in [6.07, 6.45) is 0. The van der Waals surface area contributed by atoms with Crippen LogP contribution >= 0.6 is 11.6 Å². The first-order valence-corrected chi connectivity index (χ1v) is 9.73. The summed E-state index contributed by atoms with van der Waals surface area (Å²) in [5, 5.41) is 13.8. The molecule has 0 atom stereocenters. The summed E-state index contributed by atoms with van der Waals surface area (Å²) < 4.78 is 29.4. The Hall–Kier alpha value is -2.84. The third-order valence-electron chi connectivity index (χ3n) is 3.84. The third kappa shape index (κ3) is 3.96. The van der Waals surface area contributed by atoms with Gasteiger partial charge in [-0.15, -0.1) is 0 Å². The predicted octanol–water partition coefficient (Wildman–Crippen LogP) is 3.64. The highest BCUT2D eigenvalue weighted by molar-refractivity contribution is 7.92. The van der Waals surface area contributed by atoms with Gasteiger partial charge in [-0.2, -0.15) is 5.10 Å². The van der Waals surface area contributed by atoms with Crippen molar-refractivity contribution in [3.63, 3.8) is 0 Å². The zero-order valence-corrected chi connectivity index (χ0v) is 16.0. The lowest BCUT2D eigenvalue weighted by Crippen LogP contribution is -2.17. The summed E-state index contributed by atoms with van der Waals surface area (Å²) in [4.78, 5) is 11.0. The van der Waals surface area contributed by atoms with E-state index in [1.807, 2.05) is 19.9 Å². The molecule has 0 radical (unpaired) electrons. The van der Waals surface area contributed by atoms with Crippen molar-refractivity contribution in [3.8, 4) is 5.69 Å². The van der Waals surface area contributed by atoms with E-state index in [-0.39, 0.29) is 9.92 Å². The first kappa shape index (κ1) is 18.9. The van der Waals surface area contributed by atoms with Crippen molar-refractivity contribution in [2.75, 3.05) is 4.72 Å². The Morgan fingerprint density at radius 2 is 1.78 bits per heavy atom. The van der Waals surface area contributed by atoms with Gasteiger partial charge in [-0.3, -0.25) is 4.72 Å². The number of aromatic carboxylic acids is 1. The van der Waals surface area contributed by atoms with Crippen LogP contribution in [0.4, 0.5) is 5.69 Å². The minimum absolute atomic E-state index is 0.139. The second kappa shape index (κ2) is 7.05. The van der Waals surface area contributed by atoms with E-state index in [2.05, 4.69) is 9.82 Å². The van der Waals surface area contributed by atoms with Crippen molar-refractivity contribution in [2.24, 2.45) is 0 Å². The number of sulfonamides is 1. The number of carbonyl (C=O) groups is 1. The molecule has 1 aromatic heterocycles. The number of nitrogens with zero attached hydrogens (tertiary/aromatic N) is 2. The molecule has 9 heteroatoms. The van der Waals surface area contributed by atoms with Crippen molar-refractivity contribution in [1.29, 1.82) is 0 Å². The standard InChI is InChI=1S/C18H16ClN3O4S/c1-11-9-12(2)22(20-11)15-6-4-14(5-7-15)21-27(25,26)17-8-3-13(19)10-16(17)18(23)24/h3-10,21H,1-2H3,(H,23,24). The average Bonchev–Trinajstić information content (AvgIpc) is 2.93. The fourth-order valence-electron chi connectivity index (χ4n) is 2.67. The maximum atomic E-state index is 12.6. The smallest absolute Gasteiger partial charge is 0.337 e. The Morgan fingerprint density at radius 1 is 1.11 bits per heavy atom. The molecular formula is C18H16ClN3O4S. The zero-order chi connectivity index (χ0) is 19.8. The molecule has 2 aromatic carbocycles. The first-order valence-electron chi connectivity index (χ1n) is 7.87. The van der Waals surface area contributed by atoms with Crippen LogP contribution in [0.5, 0.6) is 0 Å². The number of carboxylic acid groups (broad SMARTS) is 1. The highest BCUT2D eigenvalue weighted by Crippen LogP contribution is 2.24. The second-order valence-corrected chi connectivity index (χ2v) is 8.02. The molecule has 0 bridgehead atoms. The summed E-state index contributed by atoms with van der Waals surface area (Å²) >= 11 is 5.77. The van der Waals surface area contributed by atoms with Gasteiger partial charge in [-0.05, 0) is 62.4 Å². The molecule has 0 spiro atoms. The number of rotatable bonds is 5. The Balaban J connectivity index is 1.91. The molecule has 0 aliphatic heterocycles. The lowest BCUT2D eigenvalue weighted by Gasteiger charge is -2.11. The molecule has 140 valence electrons. The Kier molecular flexibility index (Phi) is 4.95. The van der Waals surface area contributed by atoms with E-state index in [0.29, 0.717) is 5.69 Å². The van der Waals surface area contributed by atoms with Crippen LogP contribution in [0, 0.1) is 13.8 Å². The number of halogens is 1. The minimum atomic E-state index is -4.10. The molecule has 0 saturated carbocycles. The van der Waals surface area contributed by atoms with Gasteiger partial charge in [0.2, 0.25) is 0 Å². The van der Waals surface area contributed by atoms with E-state index < -0.39 is 21.6 Å². The maximum absolute atomic E-state index is 12.6. The molecule has 2 N–H and O–H groups in total. The lowest BCUT2D eigenvalue weighted by molar-refractivity contribution is 0.0692. The molecule has 3 rings (SSSR count). The monoisotopic (exact) mass is 405 g/mol. The Labute approximate surface area is 161 Å². The number of anilines is 1. The van der Waals surface area contributed by atoms with E-state index >= 15 is 0 Å². The van der Waals surface area contributed by atoms with Gasteiger partial charge in [-0.1, -0.05) is 11.6 Å². The second-order valence-electron chi connectivity index (χ2n) is 5.94. The number of hydrogen-bond donors (Lipinski definition) is 2. The van der Waals surface area contributed by atoms with E-state index in [4.69, 9.17) is 11.6 Å². The van der Waals surface area contributed by atoms with Gasteiger partial charge in [0.25, 0.3) is 10.0 Å². The van der Waals surface area contributed by atoms with Gasteiger partial charge < -0.3 is 5.11 Å². The van der Waals surface area contributed by atoms with Gasteiger partial charge >= 0.3 is 5.97 Å². The van der Waals surface area contributed by atoms with Gasteiger partial charge in [0, 0.05) is 16.4 Å². The number of carboxylic acids is 1. The summed E-state index contributed by atoms with van der Waals surface area (Å²) in [6, 6.07) is 12.1. The minimum Gasteiger partial charge on any atom is -0.478 e. The van der Waals surface area contributed by atoms with Crippen LogP contribution < -0.4 is 4.72 Å². The first-order chi connectivity index (χ1) is 12.7. The van der Waals surface area contributed by atoms with Crippen molar-refractivity contribution >= 4 is 33.3 Å². The van der Waals surface area contributed by atoms with Crippen LogP contribution in [0.25, 0.3) is 5.69 Å². The van der Waals surface area contributed by atoms with E-state index in [1.165, 1.54) is 12.1 Å². The number of nitrogens with one attached hydrogen (secondary N) is 1. The van der Waals surface area contributed by atoms with E-state index in [0.717, 1.165) is 23.1 Å². The van der Waals surface area contributed by atoms with Crippen molar-refractivity contribution in [2.45, 2.75) is 18.7 Å². The molecular weight excluding hydrogens is 390 g/mol. The molecule has 0 aliphatic carbocycles. The normalized spacial score (nSPS) is 11.4. The van der Waals surface area contributed by atoms with Crippen molar-refractivity contribution in [3.05, 3.63) is 70.5 Å². The number of aromatic nitrogens is 2. The van der Waals surface area contributed by atoms with Crippen LogP contribution in [0.1, 0.15) is 21.7 Å². The molecule has 0 saturated heterocycles.